The molecule has 2 aromatic carbocycles. The molecule has 0 aromatic heterocycles. The van der Waals surface area contributed by atoms with Crippen LogP contribution in [-0.4, -0.2) is 43.2 Å². The van der Waals surface area contributed by atoms with Gasteiger partial charge in [-0.1, -0.05) is 36.4 Å². The summed E-state index contributed by atoms with van der Waals surface area (Å²) in [7, 11) is 0. The summed E-state index contributed by atoms with van der Waals surface area (Å²) in [5.74, 6) is -0.0345. The maximum absolute atomic E-state index is 12.4. The van der Waals surface area contributed by atoms with Crippen molar-refractivity contribution in [2.45, 2.75) is 12.8 Å². The zero-order valence-electron chi connectivity index (χ0n) is 16.7. The molecule has 0 fully saturated rings. The number of esters is 2. The molecule has 0 radical (unpaired) electrons. The largest absolute Gasteiger partial charge is 0.464 e. The lowest BCUT2D eigenvalue weighted by Crippen LogP contribution is -2.32. The van der Waals surface area contributed by atoms with E-state index in [1.807, 2.05) is 18.4 Å². The predicted octanol–water partition coefficient (Wildman–Crippen LogP) is 3.68. The average molecular weight is 432 g/mol. The van der Waals surface area contributed by atoms with E-state index in [2.05, 4.69) is 5.32 Å². The number of hydrogen-bond donors (Lipinski definition) is 1. The van der Waals surface area contributed by atoms with Crippen LogP contribution in [0.5, 0.6) is 11.5 Å². The van der Waals surface area contributed by atoms with E-state index in [9.17, 15) is 14.4 Å². The summed E-state index contributed by atoms with van der Waals surface area (Å²) < 4.78 is 15.6. The Bertz CT molecular complexity index is 800. The van der Waals surface area contributed by atoms with Crippen molar-refractivity contribution in [3.63, 3.8) is 0 Å². The van der Waals surface area contributed by atoms with Gasteiger partial charge < -0.3 is 19.5 Å². The monoisotopic (exact) mass is 431 g/mol. The van der Waals surface area contributed by atoms with Crippen LogP contribution >= 0.6 is 11.8 Å². The van der Waals surface area contributed by atoms with E-state index in [0.717, 1.165) is 0 Å². The maximum Gasteiger partial charge on any atom is 0.412 e. The number of nitrogens with one attached hydrogen (secondary N) is 1. The second-order valence-electron chi connectivity index (χ2n) is 6.27. The topological polar surface area (TPSA) is 90.9 Å². The lowest BCUT2D eigenvalue weighted by molar-refractivity contribution is -0.152. The van der Waals surface area contributed by atoms with Gasteiger partial charge in [0.05, 0.1) is 18.9 Å². The molecule has 0 aliphatic rings. The number of para-hydroxylation sites is 2. The van der Waals surface area contributed by atoms with E-state index in [1.165, 1.54) is 0 Å². The van der Waals surface area contributed by atoms with E-state index in [0.29, 0.717) is 23.7 Å². The molecule has 0 saturated carbocycles. The smallest absolute Gasteiger partial charge is 0.412 e. The van der Waals surface area contributed by atoms with E-state index in [4.69, 9.17) is 14.2 Å². The molecule has 0 bridgehead atoms. The van der Waals surface area contributed by atoms with Crippen LogP contribution in [0, 0.1) is 5.92 Å². The Morgan fingerprint density at radius 2 is 1.53 bits per heavy atom. The Morgan fingerprint density at radius 1 is 0.933 bits per heavy atom. The first kappa shape index (κ1) is 23.3. The van der Waals surface area contributed by atoms with Crippen LogP contribution in [0.4, 0.5) is 4.79 Å². The van der Waals surface area contributed by atoms with Crippen LogP contribution in [0.3, 0.4) is 0 Å². The molecule has 2 rings (SSSR count). The number of rotatable bonds is 11. The molecular formula is C22H25NO6S. The van der Waals surface area contributed by atoms with Crippen LogP contribution in [-0.2, 0) is 14.3 Å². The maximum atomic E-state index is 12.4. The molecule has 0 saturated heterocycles. The number of carbonyl (C=O) groups is 3. The first-order valence-corrected chi connectivity index (χ1v) is 10.9. The first-order chi connectivity index (χ1) is 14.6. The summed E-state index contributed by atoms with van der Waals surface area (Å²) in [6.45, 7) is 0.0767. The minimum atomic E-state index is -0.636. The Kier molecular flexibility index (Phi) is 10.3. The first-order valence-electron chi connectivity index (χ1n) is 9.50. The van der Waals surface area contributed by atoms with Crippen LogP contribution in [0.25, 0.3) is 0 Å². The summed E-state index contributed by atoms with van der Waals surface area (Å²) in [4.78, 5) is 36.3. The third kappa shape index (κ3) is 9.00. The normalized spacial score (nSPS) is 11.2. The van der Waals surface area contributed by atoms with Crippen molar-refractivity contribution in [3.05, 3.63) is 60.7 Å². The Morgan fingerprint density at radius 3 is 2.13 bits per heavy atom. The van der Waals surface area contributed by atoms with Gasteiger partial charge in [0.2, 0.25) is 0 Å². The highest BCUT2D eigenvalue weighted by Crippen LogP contribution is 2.17. The van der Waals surface area contributed by atoms with Gasteiger partial charge in [0.25, 0.3) is 0 Å². The van der Waals surface area contributed by atoms with Gasteiger partial charge >= 0.3 is 18.0 Å². The Labute approximate surface area is 180 Å². The van der Waals surface area contributed by atoms with Crippen LogP contribution in [0.2, 0.25) is 0 Å². The molecule has 0 aliphatic carbocycles. The molecule has 160 valence electrons. The zero-order valence-corrected chi connectivity index (χ0v) is 17.6. The number of ether oxygens (including phenoxy) is 3. The van der Waals surface area contributed by atoms with Crippen molar-refractivity contribution < 1.29 is 28.6 Å². The van der Waals surface area contributed by atoms with E-state index < -0.39 is 23.9 Å². The fourth-order valence-electron chi connectivity index (χ4n) is 2.48. The molecule has 0 aliphatic heterocycles. The van der Waals surface area contributed by atoms with Crippen molar-refractivity contribution in [1.82, 2.24) is 5.32 Å². The summed E-state index contributed by atoms with van der Waals surface area (Å²) in [6, 6.07) is 17.3. The van der Waals surface area contributed by atoms with Crippen molar-refractivity contribution in [1.29, 1.82) is 0 Å². The lowest BCUT2D eigenvalue weighted by Gasteiger charge is -2.15. The summed E-state index contributed by atoms with van der Waals surface area (Å²) in [6.07, 6.45) is 1.71. The fraction of sp³-hybridized carbons (Fsp3) is 0.318. The number of benzene rings is 2. The van der Waals surface area contributed by atoms with Crippen molar-refractivity contribution in [2.75, 3.05) is 25.2 Å². The Hall–Kier alpha value is -3.00. The van der Waals surface area contributed by atoms with Gasteiger partial charge in [-0.3, -0.25) is 9.59 Å². The molecule has 30 heavy (non-hydrogen) atoms. The highest BCUT2D eigenvalue weighted by Gasteiger charge is 2.24. The van der Waals surface area contributed by atoms with Crippen LogP contribution in [0.1, 0.15) is 12.8 Å². The van der Waals surface area contributed by atoms with Crippen LogP contribution < -0.4 is 14.8 Å². The third-order valence-corrected chi connectivity index (χ3v) is 4.61. The predicted molar refractivity (Wildman–Crippen MR) is 115 cm³/mol. The third-order valence-electron chi connectivity index (χ3n) is 3.96. The average Bonchev–Trinajstić information content (AvgIpc) is 2.75. The van der Waals surface area contributed by atoms with Gasteiger partial charge in [-0.25, -0.2) is 4.79 Å². The fourth-order valence-corrected chi connectivity index (χ4v) is 3.00. The van der Waals surface area contributed by atoms with Gasteiger partial charge in [-0.2, -0.15) is 11.8 Å². The number of carbonyl (C=O) groups excluding carboxylic acids is 3. The van der Waals surface area contributed by atoms with Crippen molar-refractivity contribution in [3.8, 4) is 11.5 Å². The quantitative estimate of drug-likeness (QED) is 0.330. The highest BCUT2D eigenvalue weighted by molar-refractivity contribution is 7.98. The molecular weight excluding hydrogens is 406 g/mol. The van der Waals surface area contributed by atoms with Gasteiger partial charge in [-0.05, 0) is 42.7 Å². The van der Waals surface area contributed by atoms with Crippen molar-refractivity contribution >= 4 is 29.8 Å². The minimum absolute atomic E-state index is 0.0216. The van der Waals surface area contributed by atoms with E-state index >= 15 is 0 Å². The summed E-state index contributed by atoms with van der Waals surface area (Å²) in [5.41, 5.74) is 0. The highest BCUT2D eigenvalue weighted by atomic mass is 32.2. The van der Waals surface area contributed by atoms with Crippen molar-refractivity contribution in [2.24, 2.45) is 5.92 Å². The van der Waals surface area contributed by atoms with E-state index in [-0.39, 0.29) is 19.6 Å². The second-order valence-corrected chi connectivity index (χ2v) is 7.25. The van der Waals surface area contributed by atoms with Gasteiger partial charge in [-0.15, -0.1) is 0 Å². The van der Waals surface area contributed by atoms with Gasteiger partial charge in [0, 0.05) is 0 Å². The Balaban J connectivity index is 1.74. The molecule has 0 spiro atoms. The molecule has 1 amide bonds. The summed E-state index contributed by atoms with van der Waals surface area (Å²) >= 11 is 1.58. The minimum Gasteiger partial charge on any atom is -0.464 e. The van der Waals surface area contributed by atoms with Gasteiger partial charge in [0.1, 0.15) is 18.1 Å². The molecule has 2 aromatic rings. The van der Waals surface area contributed by atoms with Gasteiger partial charge in [0.15, 0.2) is 0 Å². The number of thioether (sulfide) groups is 1. The lowest BCUT2D eigenvalue weighted by atomic mass is 10.0. The van der Waals surface area contributed by atoms with Crippen LogP contribution in [0.15, 0.2) is 60.7 Å². The molecule has 8 heteroatoms. The molecule has 7 nitrogen and oxygen atoms in total. The number of amides is 1. The standard InChI is InChI=1S/C22H25NO6S/c1-30-15-12-17(16-20(24)28-18-8-4-2-5-9-18)21(25)27-14-13-23-22(26)29-19-10-6-3-7-11-19/h2-11,17H,12-16H2,1H3,(H,23,26). The molecule has 1 atom stereocenters. The molecule has 1 unspecified atom stereocenters. The second kappa shape index (κ2) is 13.3. The summed E-state index contributed by atoms with van der Waals surface area (Å²) in [5, 5.41) is 2.51. The SMILES string of the molecule is CSCCC(CC(=O)Oc1ccccc1)C(=O)OCCNC(=O)Oc1ccccc1. The van der Waals surface area contributed by atoms with E-state index in [1.54, 1.807) is 60.3 Å². The zero-order chi connectivity index (χ0) is 21.6. The number of hydrogen-bond acceptors (Lipinski definition) is 7. The molecule has 1 N–H and O–H groups in total. The molecule has 0 heterocycles.